The van der Waals surface area contributed by atoms with Crippen LogP contribution in [0.5, 0.6) is 0 Å². The van der Waals surface area contributed by atoms with Gasteiger partial charge in [-0.2, -0.15) is 0 Å². The van der Waals surface area contributed by atoms with Crippen LogP contribution in [0, 0.1) is 5.92 Å². The molecule has 3 unspecified atom stereocenters. The lowest BCUT2D eigenvalue weighted by Crippen LogP contribution is -2.49. The van der Waals surface area contributed by atoms with Crippen LogP contribution < -0.4 is 10.2 Å². The number of aromatic nitrogens is 1. The number of carbonyl (C=O) groups excluding carboxylic acids is 2. The number of benzene rings is 1. The summed E-state index contributed by atoms with van der Waals surface area (Å²) in [4.78, 5) is 35.6. The Morgan fingerprint density at radius 1 is 0.939 bits per heavy atom. The maximum absolute atomic E-state index is 13.4. The van der Waals surface area contributed by atoms with Gasteiger partial charge in [0, 0.05) is 37.4 Å². The average molecular weight is 447 g/mol. The van der Waals surface area contributed by atoms with E-state index < -0.39 is 6.04 Å². The van der Waals surface area contributed by atoms with E-state index in [1.165, 1.54) is 25.7 Å². The third-order valence-corrected chi connectivity index (χ3v) is 7.60. The number of rotatable bonds is 5. The number of carbonyl (C=O) groups is 2. The van der Waals surface area contributed by atoms with Gasteiger partial charge in [0.25, 0.3) is 5.91 Å². The fourth-order valence-electron chi connectivity index (χ4n) is 5.85. The Bertz CT molecular complexity index is 956. The van der Waals surface area contributed by atoms with E-state index >= 15 is 0 Å². The summed E-state index contributed by atoms with van der Waals surface area (Å²) in [5.74, 6) is 1.38. The first kappa shape index (κ1) is 21.9. The van der Waals surface area contributed by atoms with Crippen molar-refractivity contribution in [1.29, 1.82) is 0 Å². The van der Waals surface area contributed by atoms with Gasteiger partial charge in [-0.25, -0.2) is 4.98 Å². The number of pyridine rings is 1. The quantitative estimate of drug-likeness (QED) is 0.749. The molecule has 1 aromatic carbocycles. The molecule has 2 aromatic rings. The van der Waals surface area contributed by atoms with Gasteiger partial charge in [0.1, 0.15) is 11.9 Å². The van der Waals surface area contributed by atoms with E-state index in [1.807, 2.05) is 41.4 Å². The van der Waals surface area contributed by atoms with E-state index in [0.717, 1.165) is 50.2 Å². The van der Waals surface area contributed by atoms with E-state index in [-0.39, 0.29) is 17.9 Å². The summed E-state index contributed by atoms with van der Waals surface area (Å²) in [5.41, 5.74) is 1.65. The zero-order valence-corrected chi connectivity index (χ0v) is 19.3. The maximum Gasteiger partial charge on any atom is 0.254 e. The van der Waals surface area contributed by atoms with E-state index in [9.17, 15) is 9.59 Å². The highest BCUT2D eigenvalue weighted by Gasteiger charge is 2.47. The minimum Gasteiger partial charge on any atom is -0.357 e. The molecule has 3 heterocycles. The van der Waals surface area contributed by atoms with E-state index in [4.69, 9.17) is 0 Å². The molecule has 5 rings (SSSR count). The number of likely N-dealkylation sites (tertiary alicyclic amines) is 1. The largest absolute Gasteiger partial charge is 0.357 e. The second-order valence-electron chi connectivity index (χ2n) is 9.73. The van der Waals surface area contributed by atoms with Crippen LogP contribution in [0.2, 0.25) is 0 Å². The minimum atomic E-state index is -0.397. The monoisotopic (exact) mass is 446 g/mol. The fourth-order valence-corrected chi connectivity index (χ4v) is 5.85. The lowest BCUT2D eigenvalue weighted by molar-refractivity contribution is -0.125. The molecule has 6 heteroatoms. The van der Waals surface area contributed by atoms with Gasteiger partial charge in [0.2, 0.25) is 5.91 Å². The van der Waals surface area contributed by atoms with Crippen LogP contribution in [0.25, 0.3) is 0 Å². The molecular weight excluding hydrogens is 412 g/mol. The number of nitrogens with one attached hydrogen (secondary N) is 1. The lowest BCUT2D eigenvalue weighted by Gasteiger charge is -2.33. The number of piperidine rings is 1. The van der Waals surface area contributed by atoms with Gasteiger partial charge in [-0.3, -0.25) is 9.59 Å². The molecule has 0 bridgehead atoms. The first-order chi connectivity index (χ1) is 16.2. The molecule has 3 aliphatic rings. The summed E-state index contributed by atoms with van der Waals surface area (Å²) in [6.07, 6.45) is 10.8. The van der Waals surface area contributed by atoms with Gasteiger partial charge in [-0.15, -0.1) is 0 Å². The summed E-state index contributed by atoms with van der Waals surface area (Å²) in [6.45, 7) is 2.57. The molecule has 1 aromatic heterocycles. The molecule has 33 heavy (non-hydrogen) atoms. The van der Waals surface area contributed by atoms with Crippen LogP contribution >= 0.6 is 0 Å². The first-order valence-electron chi connectivity index (χ1n) is 12.6. The smallest absolute Gasteiger partial charge is 0.254 e. The van der Waals surface area contributed by atoms with E-state index in [2.05, 4.69) is 27.3 Å². The zero-order chi connectivity index (χ0) is 22.6. The standard InChI is InChI=1S/C27H34N4O2/c32-26(29-19-20-13-14-25(28-18-20)30-15-7-2-8-16-30)24-17-22-11-5-6-12-23(22)31(24)27(33)21-9-3-1-4-10-21/h1,3-4,9-10,13-14,18,22-24H,2,5-8,11-12,15-17,19H2,(H,29,32). The predicted molar refractivity (Wildman–Crippen MR) is 129 cm³/mol. The first-order valence-corrected chi connectivity index (χ1v) is 12.6. The predicted octanol–water partition coefficient (Wildman–Crippen LogP) is 4.16. The normalized spacial score (nSPS) is 24.9. The van der Waals surface area contributed by atoms with E-state index in [1.54, 1.807) is 0 Å². The zero-order valence-electron chi connectivity index (χ0n) is 19.3. The Morgan fingerprint density at radius 2 is 1.73 bits per heavy atom. The second kappa shape index (κ2) is 9.94. The highest BCUT2D eigenvalue weighted by Crippen LogP contribution is 2.40. The van der Waals surface area contributed by atoms with Crippen LogP contribution in [-0.4, -0.2) is 46.9 Å². The molecule has 3 atom stereocenters. The van der Waals surface area contributed by atoms with Crippen molar-refractivity contribution in [3.8, 4) is 0 Å². The summed E-state index contributed by atoms with van der Waals surface area (Å²) in [7, 11) is 0. The Labute approximate surface area is 196 Å². The molecule has 174 valence electrons. The van der Waals surface area contributed by atoms with Crippen molar-refractivity contribution >= 4 is 17.6 Å². The number of hydrogen-bond acceptors (Lipinski definition) is 4. The van der Waals surface area contributed by atoms with Gasteiger partial charge in [-0.05, 0) is 68.2 Å². The molecule has 3 fully saturated rings. The molecule has 2 amide bonds. The van der Waals surface area contributed by atoms with Crippen molar-refractivity contribution in [2.24, 2.45) is 5.92 Å². The van der Waals surface area contributed by atoms with Crippen LogP contribution in [0.1, 0.15) is 67.3 Å². The van der Waals surface area contributed by atoms with Crippen molar-refractivity contribution in [1.82, 2.24) is 15.2 Å². The van der Waals surface area contributed by atoms with Gasteiger partial charge in [0.15, 0.2) is 0 Å². The highest BCUT2D eigenvalue weighted by atomic mass is 16.2. The Balaban J connectivity index is 1.26. The lowest BCUT2D eigenvalue weighted by atomic mass is 9.84. The Hall–Kier alpha value is -2.89. The molecule has 1 aliphatic carbocycles. The SMILES string of the molecule is O=C(NCc1ccc(N2CCCCC2)nc1)C1CC2CCCCC2N1C(=O)c1ccccc1. The van der Waals surface area contributed by atoms with Crippen molar-refractivity contribution in [3.63, 3.8) is 0 Å². The molecular formula is C27H34N4O2. The summed E-state index contributed by atoms with van der Waals surface area (Å²) < 4.78 is 0. The fraction of sp³-hybridized carbons (Fsp3) is 0.519. The van der Waals surface area contributed by atoms with Crippen LogP contribution in [0.15, 0.2) is 48.7 Å². The topological polar surface area (TPSA) is 65.5 Å². The third kappa shape index (κ3) is 4.75. The van der Waals surface area contributed by atoms with E-state index in [0.29, 0.717) is 18.0 Å². The summed E-state index contributed by atoms with van der Waals surface area (Å²) in [5, 5.41) is 3.10. The van der Waals surface area contributed by atoms with Crippen molar-refractivity contribution in [2.75, 3.05) is 18.0 Å². The van der Waals surface area contributed by atoms with Crippen molar-refractivity contribution < 1.29 is 9.59 Å². The maximum atomic E-state index is 13.4. The van der Waals surface area contributed by atoms with Gasteiger partial charge in [0.05, 0.1) is 0 Å². The number of nitrogens with zero attached hydrogens (tertiary/aromatic N) is 3. The molecule has 6 nitrogen and oxygen atoms in total. The number of fused-ring (bicyclic) bond motifs is 1. The number of anilines is 1. The van der Waals surface area contributed by atoms with Gasteiger partial charge < -0.3 is 15.1 Å². The van der Waals surface area contributed by atoms with Crippen LogP contribution in [0.4, 0.5) is 5.82 Å². The van der Waals surface area contributed by atoms with Gasteiger partial charge >= 0.3 is 0 Å². The van der Waals surface area contributed by atoms with Crippen molar-refractivity contribution in [2.45, 2.75) is 70.0 Å². The van der Waals surface area contributed by atoms with Gasteiger partial charge in [-0.1, -0.05) is 37.1 Å². The molecule has 0 spiro atoms. The molecule has 1 saturated carbocycles. The minimum absolute atomic E-state index is 0.0160. The molecule has 2 aliphatic heterocycles. The Morgan fingerprint density at radius 3 is 2.48 bits per heavy atom. The van der Waals surface area contributed by atoms with Crippen LogP contribution in [-0.2, 0) is 11.3 Å². The van der Waals surface area contributed by atoms with Crippen molar-refractivity contribution in [3.05, 3.63) is 59.8 Å². The molecule has 2 saturated heterocycles. The summed E-state index contributed by atoms with van der Waals surface area (Å²) in [6, 6.07) is 13.3. The second-order valence-corrected chi connectivity index (χ2v) is 9.73. The van der Waals surface area contributed by atoms with Crippen LogP contribution in [0.3, 0.4) is 0 Å². The average Bonchev–Trinajstić information content (AvgIpc) is 3.28. The number of hydrogen-bond donors (Lipinski definition) is 1. The number of amides is 2. The third-order valence-electron chi connectivity index (χ3n) is 7.60. The highest BCUT2D eigenvalue weighted by molar-refractivity contribution is 5.98. The molecule has 0 radical (unpaired) electrons. The molecule has 1 N–H and O–H groups in total. The Kier molecular flexibility index (Phi) is 6.60. The summed E-state index contributed by atoms with van der Waals surface area (Å²) >= 11 is 0.